The molecule has 3 rings (SSSR count). The topological polar surface area (TPSA) is 115 Å². The number of anilines is 3. The number of aromatic nitrogens is 1. The first-order valence-electron chi connectivity index (χ1n) is 8.21. The predicted molar refractivity (Wildman–Crippen MR) is 106 cm³/mol. The SMILES string of the molecule is CC(C#N)N(CCO)c1ccc(Nc2nc3ccc([N+](=O)[O-])cc3s2)cc1. The van der Waals surface area contributed by atoms with Crippen LogP contribution >= 0.6 is 11.3 Å². The van der Waals surface area contributed by atoms with Crippen LogP contribution in [0, 0.1) is 21.4 Å². The Morgan fingerprint density at radius 1 is 1.37 bits per heavy atom. The van der Waals surface area contributed by atoms with Crippen LogP contribution in [-0.4, -0.2) is 34.2 Å². The lowest BCUT2D eigenvalue weighted by atomic mass is 10.2. The minimum atomic E-state index is -0.425. The summed E-state index contributed by atoms with van der Waals surface area (Å²) in [5.41, 5.74) is 2.38. The molecule has 0 radical (unpaired) electrons. The molecule has 1 aromatic heterocycles. The van der Waals surface area contributed by atoms with E-state index in [1.807, 2.05) is 29.2 Å². The van der Waals surface area contributed by atoms with Crippen LogP contribution in [0.15, 0.2) is 42.5 Å². The van der Waals surface area contributed by atoms with Gasteiger partial charge in [-0.2, -0.15) is 5.26 Å². The van der Waals surface area contributed by atoms with E-state index in [0.29, 0.717) is 17.2 Å². The molecule has 0 saturated heterocycles. The van der Waals surface area contributed by atoms with E-state index in [9.17, 15) is 15.2 Å². The summed E-state index contributed by atoms with van der Waals surface area (Å²) in [6.07, 6.45) is 0. The molecule has 1 heterocycles. The molecule has 0 amide bonds. The molecular weight excluding hydrogens is 366 g/mol. The number of nitriles is 1. The lowest BCUT2D eigenvalue weighted by molar-refractivity contribution is -0.384. The average Bonchev–Trinajstić information content (AvgIpc) is 3.07. The highest BCUT2D eigenvalue weighted by Gasteiger charge is 2.14. The third-order valence-electron chi connectivity index (χ3n) is 4.03. The van der Waals surface area contributed by atoms with Crippen molar-refractivity contribution in [1.82, 2.24) is 4.98 Å². The number of hydrogen-bond acceptors (Lipinski definition) is 8. The van der Waals surface area contributed by atoms with Crippen molar-refractivity contribution in [2.75, 3.05) is 23.4 Å². The van der Waals surface area contributed by atoms with Gasteiger partial charge in [-0.25, -0.2) is 4.98 Å². The quantitative estimate of drug-likeness (QED) is 0.472. The number of nitro groups is 1. The van der Waals surface area contributed by atoms with E-state index in [2.05, 4.69) is 16.4 Å². The zero-order valence-electron chi connectivity index (χ0n) is 14.5. The highest BCUT2D eigenvalue weighted by molar-refractivity contribution is 7.22. The fraction of sp³-hybridized carbons (Fsp3) is 0.222. The standard InChI is InChI=1S/C18H17N5O3S/c1-12(11-19)22(8-9-24)14-4-2-13(3-5-14)20-18-21-16-7-6-15(23(25)26)10-17(16)27-18/h2-7,10,12,24H,8-9H2,1H3,(H,20,21). The highest BCUT2D eigenvalue weighted by Crippen LogP contribution is 2.31. The zero-order chi connectivity index (χ0) is 19.4. The van der Waals surface area contributed by atoms with Gasteiger partial charge in [0.1, 0.15) is 6.04 Å². The van der Waals surface area contributed by atoms with E-state index in [0.717, 1.165) is 16.1 Å². The van der Waals surface area contributed by atoms with Crippen LogP contribution in [0.5, 0.6) is 0 Å². The second-order valence-electron chi connectivity index (χ2n) is 5.82. The number of hydrogen-bond donors (Lipinski definition) is 2. The van der Waals surface area contributed by atoms with Crippen LogP contribution in [0.1, 0.15) is 6.92 Å². The van der Waals surface area contributed by atoms with Gasteiger partial charge in [-0.05, 0) is 37.3 Å². The number of nitro benzene ring substituents is 1. The summed E-state index contributed by atoms with van der Waals surface area (Å²) in [6, 6.07) is 13.9. The van der Waals surface area contributed by atoms with E-state index in [-0.39, 0.29) is 18.3 Å². The Morgan fingerprint density at radius 2 is 2.11 bits per heavy atom. The van der Waals surface area contributed by atoms with Gasteiger partial charge in [-0.1, -0.05) is 11.3 Å². The van der Waals surface area contributed by atoms with E-state index >= 15 is 0 Å². The minimum Gasteiger partial charge on any atom is -0.395 e. The van der Waals surface area contributed by atoms with Crippen LogP contribution < -0.4 is 10.2 Å². The summed E-state index contributed by atoms with van der Waals surface area (Å²) in [7, 11) is 0. The minimum absolute atomic E-state index is 0.0378. The molecule has 0 bridgehead atoms. The van der Waals surface area contributed by atoms with Gasteiger partial charge < -0.3 is 15.3 Å². The molecule has 0 aliphatic rings. The monoisotopic (exact) mass is 383 g/mol. The molecule has 2 aromatic carbocycles. The number of nitrogens with zero attached hydrogens (tertiary/aromatic N) is 4. The molecular formula is C18H17N5O3S. The molecule has 8 nitrogen and oxygen atoms in total. The highest BCUT2D eigenvalue weighted by atomic mass is 32.1. The molecule has 2 N–H and O–H groups in total. The number of aliphatic hydroxyl groups excluding tert-OH is 1. The van der Waals surface area contributed by atoms with Gasteiger partial charge in [0.25, 0.3) is 5.69 Å². The molecule has 0 spiro atoms. The van der Waals surface area contributed by atoms with Crippen molar-refractivity contribution in [3.63, 3.8) is 0 Å². The summed E-state index contributed by atoms with van der Waals surface area (Å²) >= 11 is 1.34. The lowest BCUT2D eigenvalue weighted by Gasteiger charge is -2.26. The molecule has 0 fully saturated rings. The summed E-state index contributed by atoms with van der Waals surface area (Å²) < 4.78 is 0.736. The molecule has 138 valence electrons. The number of nitrogens with one attached hydrogen (secondary N) is 1. The molecule has 0 aliphatic carbocycles. The van der Waals surface area contributed by atoms with Crippen molar-refractivity contribution >= 4 is 43.7 Å². The van der Waals surface area contributed by atoms with Crippen molar-refractivity contribution in [2.24, 2.45) is 0 Å². The Labute approximate surface area is 159 Å². The molecule has 3 aromatic rings. The van der Waals surface area contributed by atoms with Gasteiger partial charge in [0.05, 0.1) is 27.8 Å². The first-order chi connectivity index (χ1) is 13.0. The number of non-ortho nitro benzene ring substituents is 1. The Balaban J connectivity index is 1.79. The van der Waals surface area contributed by atoms with Gasteiger partial charge >= 0.3 is 0 Å². The molecule has 0 aliphatic heterocycles. The van der Waals surface area contributed by atoms with E-state index < -0.39 is 4.92 Å². The number of benzene rings is 2. The van der Waals surface area contributed by atoms with E-state index in [4.69, 9.17) is 5.26 Å². The lowest BCUT2D eigenvalue weighted by Crippen LogP contribution is -2.34. The van der Waals surface area contributed by atoms with E-state index in [1.165, 1.54) is 23.5 Å². The Hall–Kier alpha value is -3.22. The smallest absolute Gasteiger partial charge is 0.270 e. The van der Waals surface area contributed by atoms with Crippen molar-refractivity contribution in [3.05, 3.63) is 52.6 Å². The second kappa shape index (κ2) is 7.99. The zero-order valence-corrected chi connectivity index (χ0v) is 15.3. The first kappa shape index (κ1) is 18.6. The van der Waals surface area contributed by atoms with Crippen LogP contribution in [0.25, 0.3) is 10.2 Å². The van der Waals surface area contributed by atoms with Crippen LogP contribution in [0.3, 0.4) is 0 Å². The van der Waals surface area contributed by atoms with Crippen LogP contribution in [-0.2, 0) is 0 Å². The fourth-order valence-electron chi connectivity index (χ4n) is 2.66. The number of thiazole rings is 1. The number of aliphatic hydroxyl groups is 1. The molecule has 1 unspecified atom stereocenters. The maximum absolute atomic E-state index is 10.9. The molecule has 27 heavy (non-hydrogen) atoms. The largest absolute Gasteiger partial charge is 0.395 e. The van der Waals surface area contributed by atoms with Gasteiger partial charge in [0.15, 0.2) is 5.13 Å². The summed E-state index contributed by atoms with van der Waals surface area (Å²) in [6.45, 7) is 2.12. The average molecular weight is 383 g/mol. The van der Waals surface area contributed by atoms with Gasteiger partial charge in [0, 0.05) is 30.1 Å². The predicted octanol–water partition coefficient (Wildman–Crippen LogP) is 3.66. The fourth-order valence-corrected chi connectivity index (χ4v) is 3.58. The van der Waals surface area contributed by atoms with Crippen LogP contribution in [0.2, 0.25) is 0 Å². The molecule has 1 atom stereocenters. The maximum atomic E-state index is 10.9. The van der Waals surface area contributed by atoms with E-state index in [1.54, 1.807) is 13.0 Å². The van der Waals surface area contributed by atoms with Gasteiger partial charge in [-0.3, -0.25) is 10.1 Å². The third kappa shape index (κ3) is 4.13. The summed E-state index contributed by atoms with van der Waals surface area (Å²) in [5, 5.41) is 33.0. The third-order valence-corrected chi connectivity index (χ3v) is 4.96. The normalized spacial score (nSPS) is 11.7. The van der Waals surface area contributed by atoms with Gasteiger partial charge in [0.2, 0.25) is 0 Å². The Morgan fingerprint density at radius 3 is 2.74 bits per heavy atom. The van der Waals surface area contributed by atoms with Crippen molar-refractivity contribution in [3.8, 4) is 6.07 Å². The van der Waals surface area contributed by atoms with Crippen LogP contribution in [0.4, 0.5) is 22.2 Å². The molecule has 9 heteroatoms. The van der Waals surface area contributed by atoms with Gasteiger partial charge in [-0.15, -0.1) is 0 Å². The maximum Gasteiger partial charge on any atom is 0.270 e. The number of rotatable bonds is 7. The summed E-state index contributed by atoms with van der Waals surface area (Å²) in [5.74, 6) is 0. The Kier molecular flexibility index (Phi) is 5.49. The second-order valence-corrected chi connectivity index (χ2v) is 6.85. The van der Waals surface area contributed by atoms with Crippen molar-refractivity contribution < 1.29 is 10.0 Å². The first-order valence-corrected chi connectivity index (χ1v) is 9.02. The van der Waals surface area contributed by atoms with Crippen molar-refractivity contribution in [2.45, 2.75) is 13.0 Å². The number of fused-ring (bicyclic) bond motifs is 1. The summed E-state index contributed by atoms with van der Waals surface area (Å²) in [4.78, 5) is 16.7. The van der Waals surface area contributed by atoms with Crippen molar-refractivity contribution in [1.29, 1.82) is 5.26 Å². The molecule has 0 saturated carbocycles. The Bertz CT molecular complexity index is 996.